The first-order valence-electron chi connectivity index (χ1n) is 9.87. The SMILES string of the molecule is Cc1ccncc1-c1cc2c(-c3cc4c(C5=CCC=C5)cncc4[nH]3)n[nH]c2cn1. The van der Waals surface area contributed by atoms with Crippen LogP contribution < -0.4 is 0 Å². The van der Waals surface area contributed by atoms with E-state index < -0.39 is 0 Å². The number of fused-ring (bicyclic) bond motifs is 2. The maximum Gasteiger partial charge on any atom is 0.116 e. The smallest absolute Gasteiger partial charge is 0.116 e. The molecule has 5 aromatic rings. The summed E-state index contributed by atoms with van der Waals surface area (Å²) >= 11 is 0. The highest BCUT2D eigenvalue weighted by molar-refractivity contribution is 6.00. The minimum absolute atomic E-state index is 0.869. The molecule has 0 unspecified atom stereocenters. The van der Waals surface area contributed by atoms with Crippen LogP contribution in [0.1, 0.15) is 17.5 Å². The Labute approximate surface area is 172 Å². The maximum absolute atomic E-state index is 4.61. The van der Waals surface area contributed by atoms with Crippen LogP contribution in [0.25, 0.3) is 50.0 Å². The van der Waals surface area contributed by atoms with E-state index in [1.54, 1.807) is 6.20 Å². The zero-order valence-corrected chi connectivity index (χ0v) is 16.3. The van der Waals surface area contributed by atoms with Gasteiger partial charge >= 0.3 is 0 Å². The van der Waals surface area contributed by atoms with Gasteiger partial charge in [-0.25, -0.2) is 0 Å². The van der Waals surface area contributed by atoms with Gasteiger partial charge in [-0.05, 0) is 42.7 Å². The van der Waals surface area contributed by atoms with Gasteiger partial charge in [0.15, 0.2) is 0 Å². The van der Waals surface area contributed by atoms with E-state index in [1.165, 1.54) is 5.57 Å². The topological polar surface area (TPSA) is 83.1 Å². The lowest BCUT2D eigenvalue weighted by molar-refractivity contribution is 1.11. The molecule has 0 aromatic carbocycles. The second kappa shape index (κ2) is 6.49. The summed E-state index contributed by atoms with van der Waals surface area (Å²) in [4.78, 5) is 16.8. The number of aryl methyl sites for hydroxylation is 1. The number of H-pyrrole nitrogens is 2. The molecule has 0 saturated carbocycles. The molecule has 0 bridgehead atoms. The molecule has 6 rings (SSSR count). The van der Waals surface area contributed by atoms with Gasteiger partial charge in [0.05, 0.1) is 34.8 Å². The fourth-order valence-corrected chi connectivity index (χ4v) is 4.07. The third-order valence-electron chi connectivity index (χ3n) is 5.65. The molecule has 5 aromatic heterocycles. The predicted octanol–water partition coefficient (Wildman–Crippen LogP) is 5.21. The monoisotopic (exact) mass is 390 g/mol. The number of aromatic nitrogens is 6. The van der Waals surface area contributed by atoms with Gasteiger partial charge in [-0.3, -0.25) is 20.1 Å². The Balaban J connectivity index is 1.52. The molecule has 0 radical (unpaired) electrons. The summed E-state index contributed by atoms with van der Waals surface area (Å²) in [6.07, 6.45) is 16.8. The minimum Gasteiger partial charge on any atom is -0.352 e. The lowest BCUT2D eigenvalue weighted by Crippen LogP contribution is -1.88. The molecule has 6 heteroatoms. The molecule has 0 amide bonds. The van der Waals surface area contributed by atoms with Crippen molar-refractivity contribution in [2.75, 3.05) is 0 Å². The van der Waals surface area contributed by atoms with E-state index >= 15 is 0 Å². The Morgan fingerprint density at radius 3 is 2.73 bits per heavy atom. The van der Waals surface area contributed by atoms with Crippen molar-refractivity contribution in [3.8, 4) is 22.6 Å². The standard InChI is InChI=1S/C24H18N6/c1-14-6-7-25-10-18(14)20-9-17-23(13-27-20)29-30-24(17)21-8-16-19(15-4-2-3-5-15)11-26-12-22(16)28-21/h2,4-13,28H,3H2,1H3,(H,29,30). The molecule has 0 spiro atoms. The third-order valence-corrected chi connectivity index (χ3v) is 5.65. The Kier molecular flexibility index (Phi) is 3.64. The molecule has 0 fully saturated rings. The first kappa shape index (κ1) is 16.9. The van der Waals surface area contributed by atoms with Crippen molar-refractivity contribution in [3.63, 3.8) is 0 Å². The van der Waals surface area contributed by atoms with E-state index in [-0.39, 0.29) is 0 Å². The fourth-order valence-electron chi connectivity index (χ4n) is 4.07. The number of hydrogen-bond acceptors (Lipinski definition) is 4. The van der Waals surface area contributed by atoms with Crippen LogP contribution in [-0.4, -0.2) is 30.1 Å². The van der Waals surface area contributed by atoms with Crippen molar-refractivity contribution < 1.29 is 0 Å². The van der Waals surface area contributed by atoms with E-state index in [1.807, 2.05) is 30.9 Å². The molecule has 30 heavy (non-hydrogen) atoms. The molecular weight excluding hydrogens is 372 g/mol. The number of pyridine rings is 3. The van der Waals surface area contributed by atoms with Crippen LogP contribution >= 0.6 is 0 Å². The van der Waals surface area contributed by atoms with Gasteiger partial charge in [-0.15, -0.1) is 0 Å². The van der Waals surface area contributed by atoms with E-state index in [0.29, 0.717) is 0 Å². The number of aromatic amines is 2. The Morgan fingerprint density at radius 2 is 1.87 bits per heavy atom. The summed E-state index contributed by atoms with van der Waals surface area (Å²) in [6, 6.07) is 6.23. The summed E-state index contributed by atoms with van der Waals surface area (Å²) in [6.45, 7) is 2.07. The zero-order chi connectivity index (χ0) is 20.1. The van der Waals surface area contributed by atoms with Crippen molar-refractivity contribution in [1.29, 1.82) is 0 Å². The third kappa shape index (κ3) is 2.58. The van der Waals surface area contributed by atoms with Gasteiger partial charge in [0.1, 0.15) is 5.69 Å². The van der Waals surface area contributed by atoms with Crippen molar-refractivity contribution in [3.05, 3.63) is 78.5 Å². The lowest BCUT2D eigenvalue weighted by atomic mass is 10.0. The summed E-state index contributed by atoms with van der Waals surface area (Å²) < 4.78 is 0. The van der Waals surface area contributed by atoms with Crippen LogP contribution in [0.4, 0.5) is 0 Å². The summed E-state index contributed by atoms with van der Waals surface area (Å²) in [5, 5.41) is 9.85. The van der Waals surface area contributed by atoms with Gasteiger partial charge in [0.2, 0.25) is 0 Å². The van der Waals surface area contributed by atoms with Crippen molar-refractivity contribution >= 4 is 27.4 Å². The van der Waals surface area contributed by atoms with Crippen LogP contribution in [-0.2, 0) is 0 Å². The van der Waals surface area contributed by atoms with Crippen molar-refractivity contribution in [2.45, 2.75) is 13.3 Å². The summed E-state index contributed by atoms with van der Waals surface area (Å²) in [5.74, 6) is 0. The highest BCUT2D eigenvalue weighted by Crippen LogP contribution is 2.34. The number of nitrogens with zero attached hydrogens (tertiary/aromatic N) is 4. The molecule has 0 saturated heterocycles. The Morgan fingerprint density at radius 1 is 0.933 bits per heavy atom. The second-order valence-electron chi connectivity index (χ2n) is 7.51. The number of rotatable bonds is 3. The minimum atomic E-state index is 0.869. The normalized spacial score (nSPS) is 13.4. The molecule has 144 valence electrons. The Hall–Kier alpha value is -4.06. The molecule has 0 atom stereocenters. The first-order valence-corrected chi connectivity index (χ1v) is 9.87. The quantitative estimate of drug-likeness (QED) is 0.443. The van der Waals surface area contributed by atoms with Gasteiger partial charge in [0, 0.05) is 40.5 Å². The zero-order valence-electron chi connectivity index (χ0n) is 16.3. The maximum atomic E-state index is 4.61. The molecule has 5 heterocycles. The van der Waals surface area contributed by atoms with Crippen LogP contribution in [0.2, 0.25) is 0 Å². The van der Waals surface area contributed by atoms with Crippen molar-refractivity contribution in [1.82, 2.24) is 30.1 Å². The molecule has 0 aliphatic heterocycles. The van der Waals surface area contributed by atoms with E-state index in [0.717, 1.165) is 62.0 Å². The van der Waals surface area contributed by atoms with E-state index in [4.69, 9.17) is 0 Å². The second-order valence-corrected chi connectivity index (χ2v) is 7.51. The largest absolute Gasteiger partial charge is 0.352 e. The summed E-state index contributed by atoms with van der Waals surface area (Å²) in [5.41, 5.74) is 9.11. The predicted molar refractivity (Wildman–Crippen MR) is 119 cm³/mol. The van der Waals surface area contributed by atoms with E-state index in [2.05, 4.69) is 67.4 Å². The van der Waals surface area contributed by atoms with E-state index in [9.17, 15) is 0 Å². The molecular formula is C24H18N6. The van der Waals surface area contributed by atoms with Crippen LogP contribution in [0, 0.1) is 6.92 Å². The van der Waals surface area contributed by atoms with Crippen LogP contribution in [0.3, 0.4) is 0 Å². The van der Waals surface area contributed by atoms with Gasteiger partial charge in [-0.2, -0.15) is 5.10 Å². The average Bonchev–Trinajstić information content (AvgIpc) is 3.51. The van der Waals surface area contributed by atoms with Gasteiger partial charge < -0.3 is 4.98 Å². The van der Waals surface area contributed by atoms with Crippen LogP contribution in [0.15, 0.2) is 67.4 Å². The lowest BCUT2D eigenvalue weighted by Gasteiger charge is -2.04. The van der Waals surface area contributed by atoms with Crippen LogP contribution in [0.5, 0.6) is 0 Å². The molecule has 2 N–H and O–H groups in total. The van der Waals surface area contributed by atoms with Crippen molar-refractivity contribution in [2.24, 2.45) is 0 Å². The molecule has 1 aliphatic carbocycles. The average molecular weight is 390 g/mol. The fraction of sp³-hybridized carbons (Fsp3) is 0.0833. The first-order chi connectivity index (χ1) is 14.8. The van der Waals surface area contributed by atoms with Gasteiger partial charge in [-0.1, -0.05) is 18.2 Å². The number of hydrogen-bond donors (Lipinski definition) is 2. The number of nitrogens with one attached hydrogen (secondary N) is 2. The number of allylic oxidation sites excluding steroid dienone is 4. The highest BCUT2D eigenvalue weighted by Gasteiger charge is 2.16. The Bertz CT molecular complexity index is 1480. The molecule has 1 aliphatic rings. The highest BCUT2D eigenvalue weighted by atomic mass is 15.1. The van der Waals surface area contributed by atoms with Gasteiger partial charge in [0.25, 0.3) is 0 Å². The molecule has 6 nitrogen and oxygen atoms in total. The summed E-state index contributed by atoms with van der Waals surface area (Å²) in [7, 11) is 0.